The zero-order chi connectivity index (χ0) is 14.5. The second-order valence-corrected chi connectivity index (χ2v) is 7.56. The van der Waals surface area contributed by atoms with Crippen molar-refractivity contribution >= 4 is 44.5 Å². The van der Waals surface area contributed by atoms with Crippen molar-refractivity contribution in [3.8, 4) is 0 Å². The van der Waals surface area contributed by atoms with Crippen molar-refractivity contribution in [2.45, 2.75) is 42.3 Å². The fraction of sp³-hybridized carbons (Fsp3) is 0.533. The molecule has 3 atom stereocenters. The average molecular weight is 453 g/mol. The number of hydrogen-bond donors (Lipinski definition) is 0. The second kappa shape index (κ2) is 7.75. The lowest BCUT2D eigenvalue weighted by Crippen LogP contribution is -2.30. The summed E-state index contributed by atoms with van der Waals surface area (Å²) in [6.07, 6.45) is 2.24. The van der Waals surface area contributed by atoms with Gasteiger partial charge in [-0.25, -0.2) is 0 Å². The molecule has 2 rings (SSSR count). The van der Waals surface area contributed by atoms with Crippen molar-refractivity contribution < 1.29 is 14.3 Å². The van der Waals surface area contributed by atoms with Crippen LogP contribution in [0.15, 0.2) is 28.7 Å². The smallest absolute Gasteiger partial charge is 0.308 e. The first-order chi connectivity index (χ1) is 9.58. The van der Waals surface area contributed by atoms with E-state index in [1.807, 2.05) is 19.1 Å². The fourth-order valence-electron chi connectivity index (χ4n) is 2.42. The number of carbonyl (C=O) groups is 1. The maximum Gasteiger partial charge on any atom is 0.308 e. The number of carbonyl (C=O) groups excluding carboxylic acids is 1. The minimum absolute atomic E-state index is 0.0475. The summed E-state index contributed by atoms with van der Waals surface area (Å²) in [5, 5.41) is 0. The molecule has 1 aliphatic heterocycles. The average Bonchev–Trinajstić information content (AvgIpc) is 2.38. The number of ether oxygens (including phenoxy) is 2. The minimum Gasteiger partial charge on any atom is -0.466 e. The van der Waals surface area contributed by atoms with Gasteiger partial charge in [-0.3, -0.25) is 4.79 Å². The molecule has 0 radical (unpaired) electrons. The minimum atomic E-state index is -0.170. The van der Waals surface area contributed by atoms with E-state index in [0.717, 1.165) is 22.9 Å². The van der Waals surface area contributed by atoms with Crippen LogP contribution in [0.2, 0.25) is 0 Å². The SMILES string of the molecule is CCOC(=O)C[C@H]1CC(I)C[C@@H](c2cccc(Br)c2)O1. The zero-order valence-corrected chi connectivity index (χ0v) is 15.1. The fourth-order valence-corrected chi connectivity index (χ4v) is 3.86. The molecule has 1 fully saturated rings. The summed E-state index contributed by atoms with van der Waals surface area (Å²) in [7, 11) is 0. The molecule has 1 heterocycles. The first kappa shape index (κ1) is 16.2. The van der Waals surface area contributed by atoms with Gasteiger partial charge in [-0.15, -0.1) is 0 Å². The molecule has 1 unspecified atom stereocenters. The monoisotopic (exact) mass is 452 g/mol. The number of hydrogen-bond acceptors (Lipinski definition) is 3. The molecular formula is C15H18BrIO3. The van der Waals surface area contributed by atoms with E-state index in [4.69, 9.17) is 9.47 Å². The Morgan fingerprint density at radius 2 is 2.30 bits per heavy atom. The molecule has 0 bridgehead atoms. The molecule has 0 saturated carbocycles. The predicted octanol–water partition coefficient (Wildman–Crippen LogP) is 4.43. The third kappa shape index (κ3) is 4.70. The molecule has 0 aliphatic carbocycles. The predicted molar refractivity (Wildman–Crippen MR) is 90.0 cm³/mol. The van der Waals surface area contributed by atoms with E-state index in [1.54, 1.807) is 0 Å². The third-order valence-electron chi connectivity index (χ3n) is 3.27. The lowest BCUT2D eigenvalue weighted by molar-refractivity contribution is -0.149. The van der Waals surface area contributed by atoms with E-state index in [9.17, 15) is 4.79 Å². The summed E-state index contributed by atoms with van der Waals surface area (Å²) in [4.78, 5) is 11.6. The van der Waals surface area contributed by atoms with Crippen molar-refractivity contribution in [2.75, 3.05) is 6.61 Å². The Hall–Kier alpha value is -0.140. The molecule has 1 aromatic rings. The van der Waals surface area contributed by atoms with Gasteiger partial charge in [0.05, 0.1) is 25.2 Å². The first-order valence-corrected chi connectivity index (χ1v) is 8.83. The molecule has 20 heavy (non-hydrogen) atoms. The molecule has 0 aromatic heterocycles. The van der Waals surface area contributed by atoms with Gasteiger partial charge in [0.25, 0.3) is 0 Å². The zero-order valence-electron chi connectivity index (χ0n) is 11.4. The summed E-state index contributed by atoms with van der Waals surface area (Å²) >= 11 is 5.94. The van der Waals surface area contributed by atoms with Gasteiger partial charge in [0, 0.05) is 8.40 Å². The summed E-state index contributed by atoms with van der Waals surface area (Å²) in [5.74, 6) is -0.170. The van der Waals surface area contributed by atoms with E-state index in [2.05, 4.69) is 50.7 Å². The van der Waals surface area contributed by atoms with E-state index in [-0.39, 0.29) is 18.2 Å². The number of alkyl halides is 1. The van der Waals surface area contributed by atoms with Gasteiger partial charge in [-0.05, 0) is 37.5 Å². The highest BCUT2D eigenvalue weighted by Gasteiger charge is 2.30. The Labute approximate surface area is 141 Å². The highest BCUT2D eigenvalue weighted by atomic mass is 127. The molecule has 1 aliphatic rings. The van der Waals surface area contributed by atoms with Crippen molar-refractivity contribution in [3.05, 3.63) is 34.3 Å². The number of halogens is 2. The van der Waals surface area contributed by atoms with Crippen molar-refractivity contribution in [3.63, 3.8) is 0 Å². The summed E-state index contributed by atoms with van der Waals surface area (Å²) in [5.41, 5.74) is 1.16. The molecule has 5 heteroatoms. The molecule has 110 valence electrons. The number of benzene rings is 1. The number of rotatable bonds is 4. The van der Waals surface area contributed by atoms with E-state index < -0.39 is 0 Å². The van der Waals surface area contributed by atoms with Gasteiger partial charge in [0.15, 0.2) is 0 Å². The van der Waals surface area contributed by atoms with Crippen LogP contribution in [0.25, 0.3) is 0 Å². The van der Waals surface area contributed by atoms with Crippen LogP contribution in [0.4, 0.5) is 0 Å². The molecule has 0 amide bonds. The van der Waals surface area contributed by atoms with Crippen LogP contribution >= 0.6 is 38.5 Å². The third-order valence-corrected chi connectivity index (χ3v) is 4.78. The van der Waals surface area contributed by atoms with Crippen LogP contribution in [-0.4, -0.2) is 22.6 Å². The summed E-state index contributed by atoms with van der Waals surface area (Å²) in [6, 6.07) is 8.18. The maximum atomic E-state index is 11.6. The molecule has 0 spiro atoms. The first-order valence-electron chi connectivity index (χ1n) is 6.79. The van der Waals surface area contributed by atoms with Crippen LogP contribution in [0.3, 0.4) is 0 Å². The standard InChI is InChI=1S/C15H18BrIO3/c1-2-19-15(18)9-13-7-12(17)8-14(20-13)10-4-3-5-11(16)6-10/h3-6,12-14H,2,7-9H2,1H3/t12?,13-,14+/m1/s1. The Bertz CT molecular complexity index is 466. The Kier molecular flexibility index (Phi) is 6.29. The second-order valence-electron chi connectivity index (χ2n) is 4.88. The van der Waals surface area contributed by atoms with Crippen LogP contribution in [-0.2, 0) is 14.3 Å². The molecule has 0 N–H and O–H groups in total. The molecule has 1 aromatic carbocycles. The lowest BCUT2D eigenvalue weighted by Gasteiger charge is -2.33. The van der Waals surface area contributed by atoms with Gasteiger partial charge in [0.1, 0.15) is 0 Å². The highest BCUT2D eigenvalue weighted by molar-refractivity contribution is 14.1. The van der Waals surface area contributed by atoms with Crippen LogP contribution in [0.1, 0.15) is 37.9 Å². The lowest BCUT2D eigenvalue weighted by atomic mass is 9.97. The normalized spacial score (nSPS) is 26.2. The van der Waals surface area contributed by atoms with Crippen LogP contribution in [0.5, 0.6) is 0 Å². The molecule has 1 saturated heterocycles. The van der Waals surface area contributed by atoms with Gasteiger partial charge in [0.2, 0.25) is 0 Å². The highest BCUT2D eigenvalue weighted by Crippen LogP contribution is 2.36. The van der Waals surface area contributed by atoms with Crippen molar-refractivity contribution in [1.29, 1.82) is 0 Å². The summed E-state index contributed by atoms with van der Waals surface area (Å²) < 4.78 is 12.7. The Morgan fingerprint density at radius 3 is 3.00 bits per heavy atom. The Balaban J connectivity index is 2.02. The van der Waals surface area contributed by atoms with E-state index >= 15 is 0 Å². The topological polar surface area (TPSA) is 35.5 Å². The maximum absolute atomic E-state index is 11.6. The van der Waals surface area contributed by atoms with Crippen LogP contribution < -0.4 is 0 Å². The van der Waals surface area contributed by atoms with E-state index in [0.29, 0.717) is 17.0 Å². The van der Waals surface area contributed by atoms with Gasteiger partial charge in [-0.1, -0.05) is 50.7 Å². The van der Waals surface area contributed by atoms with Gasteiger partial charge in [-0.2, -0.15) is 0 Å². The van der Waals surface area contributed by atoms with Crippen molar-refractivity contribution in [2.24, 2.45) is 0 Å². The number of esters is 1. The molecular weight excluding hydrogens is 435 g/mol. The summed E-state index contributed by atoms with van der Waals surface area (Å²) in [6.45, 7) is 2.25. The largest absolute Gasteiger partial charge is 0.466 e. The van der Waals surface area contributed by atoms with Gasteiger partial charge >= 0.3 is 5.97 Å². The van der Waals surface area contributed by atoms with Gasteiger partial charge < -0.3 is 9.47 Å². The Morgan fingerprint density at radius 1 is 1.50 bits per heavy atom. The van der Waals surface area contributed by atoms with Crippen molar-refractivity contribution in [1.82, 2.24) is 0 Å². The van der Waals surface area contributed by atoms with E-state index in [1.165, 1.54) is 0 Å². The molecule has 3 nitrogen and oxygen atoms in total. The van der Waals surface area contributed by atoms with Crippen LogP contribution in [0, 0.1) is 0 Å². The quantitative estimate of drug-likeness (QED) is 0.385.